The summed E-state index contributed by atoms with van der Waals surface area (Å²) in [6, 6.07) is 10.1. The summed E-state index contributed by atoms with van der Waals surface area (Å²) < 4.78 is 20.9. The number of hydrogen-bond donors (Lipinski definition) is 2. The van der Waals surface area contributed by atoms with E-state index in [0.29, 0.717) is 34.4 Å². The molecule has 2 amide bonds. The van der Waals surface area contributed by atoms with Crippen LogP contribution in [0.2, 0.25) is 0 Å². The summed E-state index contributed by atoms with van der Waals surface area (Å²) in [5.74, 6) is 1.50. The maximum absolute atomic E-state index is 11.9. The van der Waals surface area contributed by atoms with Gasteiger partial charge in [-0.2, -0.15) is 0 Å². The Morgan fingerprint density at radius 3 is 1.58 bits per heavy atom. The zero-order valence-corrected chi connectivity index (χ0v) is 13.5. The summed E-state index contributed by atoms with van der Waals surface area (Å²) in [5, 5.41) is 5.29. The molecule has 0 spiro atoms. The lowest BCUT2D eigenvalue weighted by Crippen LogP contribution is -2.12. The van der Waals surface area contributed by atoms with Gasteiger partial charge in [-0.3, -0.25) is 9.59 Å². The predicted molar refractivity (Wildman–Crippen MR) is 91.5 cm³/mol. The van der Waals surface area contributed by atoms with E-state index in [1.54, 1.807) is 36.4 Å². The van der Waals surface area contributed by atoms with Crippen molar-refractivity contribution in [2.45, 2.75) is 0 Å². The van der Waals surface area contributed by atoms with E-state index in [2.05, 4.69) is 10.6 Å². The van der Waals surface area contributed by atoms with Crippen molar-refractivity contribution < 1.29 is 28.5 Å². The molecule has 0 unspecified atom stereocenters. The highest BCUT2D eigenvalue weighted by molar-refractivity contribution is 6.07. The zero-order valence-electron chi connectivity index (χ0n) is 13.5. The molecule has 4 rings (SSSR count). The molecule has 0 aliphatic carbocycles. The second kappa shape index (κ2) is 6.67. The quantitative estimate of drug-likeness (QED) is 0.818. The molecule has 2 aromatic rings. The molecule has 2 aliphatic rings. The fraction of sp³-hybridized carbons (Fsp3) is 0.111. The van der Waals surface area contributed by atoms with E-state index in [-0.39, 0.29) is 13.6 Å². The van der Waals surface area contributed by atoms with Crippen LogP contribution in [-0.4, -0.2) is 25.4 Å². The largest absolute Gasteiger partial charge is 0.454 e. The molecule has 8 heteroatoms. The lowest BCUT2D eigenvalue weighted by Gasteiger charge is -2.04. The number of anilines is 2. The van der Waals surface area contributed by atoms with Crippen LogP contribution in [0.4, 0.5) is 11.4 Å². The Morgan fingerprint density at radius 2 is 1.12 bits per heavy atom. The molecule has 0 fully saturated rings. The van der Waals surface area contributed by atoms with Crippen LogP contribution < -0.4 is 29.6 Å². The highest BCUT2D eigenvalue weighted by atomic mass is 16.7. The average Bonchev–Trinajstić information content (AvgIpc) is 3.28. The fourth-order valence-electron chi connectivity index (χ4n) is 2.47. The van der Waals surface area contributed by atoms with Gasteiger partial charge in [-0.1, -0.05) is 0 Å². The molecule has 0 aromatic heterocycles. The Balaban J connectivity index is 1.33. The molecule has 8 nitrogen and oxygen atoms in total. The van der Waals surface area contributed by atoms with E-state index < -0.39 is 11.8 Å². The number of rotatable bonds is 4. The smallest absolute Gasteiger partial charge is 0.248 e. The number of carbonyl (C=O) groups excluding carboxylic acids is 2. The lowest BCUT2D eigenvalue weighted by atomic mass is 10.2. The van der Waals surface area contributed by atoms with Gasteiger partial charge in [0.25, 0.3) is 0 Å². The van der Waals surface area contributed by atoms with Gasteiger partial charge < -0.3 is 29.6 Å². The maximum atomic E-state index is 11.9. The van der Waals surface area contributed by atoms with Crippen LogP contribution >= 0.6 is 0 Å². The van der Waals surface area contributed by atoms with Gasteiger partial charge in [0.1, 0.15) is 0 Å². The molecule has 2 aliphatic heterocycles. The van der Waals surface area contributed by atoms with Crippen LogP contribution in [-0.2, 0) is 9.59 Å². The van der Waals surface area contributed by atoms with Gasteiger partial charge in [0.15, 0.2) is 23.0 Å². The normalized spacial score (nSPS) is 13.7. The number of benzene rings is 2. The second-order valence-corrected chi connectivity index (χ2v) is 5.45. The first-order valence-electron chi connectivity index (χ1n) is 7.77. The van der Waals surface area contributed by atoms with E-state index in [4.69, 9.17) is 18.9 Å². The Morgan fingerprint density at radius 1 is 0.692 bits per heavy atom. The minimum absolute atomic E-state index is 0.159. The van der Waals surface area contributed by atoms with E-state index >= 15 is 0 Å². The van der Waals surface area contributed by atoms with Crippen molar-refractivity contribution in [2.24, 2.45) is 0 Å². The van der Waals surface area contributed by atoms with Gasteiger partial charge >= 0.3 is 0 Å². The molecule has 0 atom stereocenters. The molecule has 132 valence electrons. The maximum Gasteiger partial charge on any atom is 0.248 e. The number of amides is 2. The number of nitrogens with one attached hydrogen (secondary N) is 2. The third kappa shape index (κ3) is 3.39. The van der Waals surface area contributed by atoms with Gasteiger partial charge in [-0.25, -0.2) is 0 Å². The van der Waals surface area contributed by atoms with Crippen LogP contribution in [0.5, 0.6) is 23.0 Å². The lowest BCUT2D eigenvalue weighted by molar-refractivity contribution is -0.114. The SMILES string of the molecule is O=C(C=CC(=O)Nc1ccc2c(c1)OCO2)Nc1ccc2c(c1)OCO2. The van der Waals surface area contributed by atoms with Crippen LogP contribution in [0.1, 0.15) is 0 Å². The van der Waals surface area contributed by atoms with E-state index in [1.807, 2.05) is 0 Å². The van der Waals surface area contributed by atoms with Gasteiger partial charge in [0.2, 0.25) is 25.4 Å². The molecular formula is C18H14N2O6. The fourth-order valence-corrected chi connectivity index (χ4v) is 2.47. The summed E-state index contributed by atoms with van der Waals surface area (Å²) in [4.78, 5) is 23.9. The highest BCUT2D eigenvalue weighted by Gasteiger charge is 2.15. The Kier molecular flexibility index (Phi) is 4.06. The molecule has 2 heterocycles. The number of ether oxygens (including phenoxy) is 4. The molecular weight excluding hydrogens is 340 g/mol. The Bertz CT molecular complexity index is 835. The summed E-state index contributed by atoms with van der Waals surface area (Å²) >= 11 is 0. The van der Waals surface area contributed by atoms with Gasteiger partial charge in [0, 0.05) is 35.7 Å². The van der Waals surface area contributed by atoms with Crippen molar-refractivity contribution in [3.8, 4) is 23.0 Å². The molecule has 26 heavy (non-hydrogen) atoms. The number of fused-ring (bicyclic) bond motifs is 2. The monoisotopic (exact) mass is 354 g/mol. The Labute approximate surface area is 148 Å². The van der Waals surface area contributed by atoms with Crippen molar-refractivity contribution in [3.63, 3.8) is 0 Å². The third-order valence-corrected chi connectivity index (χ3v) is 3.67. The topological polar surface area (TPSA) is 95.1 Å². The predicted octanol–water partition coefficient (Wildman–Crippen LogP) is 2.28. The van der Waals surface area contributed by atoms with E-state index in [0.717, 1.165) is 12.2 Å². The average molecular weight is 354 g/mol. The first kappa shape index (κ1) is 15.8. The summed E-state index contributed by atoms with van der Waals surface area (Å²) in [5.41, 5.74) is 1.08. The second-order valence-electron chi connectivity index (χ2n) is 5.45. The molecule has 0 saturated heterocycles. The van der Waals surface area contributed by atoms with Gasteiger partial charge in [-0.15, -0.1) is 0 Å². The van der Waals surface area contributed by atoms with Crippen LogP contribution in [0.15, 0.2) is 48.6 Å². The first-order valence-corrected chi connectivity index (χ1v) is 7.77. The van der Waals surface area contributed by atoms with E-state index in [9.17, 15) is 9.59 Å². The minimum Gasteiger partial charge on any atom is -0.454 e. The van der Waals surface area contributed by atoms with Crippen molar-refractivity contribution >= 4 is 23.2 Å². The third-order valence-electron chi connectivity index (χ3n) is 3.67. The zero-order chi connectivity index (χ0) is 17.9. The minimum atomic E-state index is -0.440. The van der Waals surface area contributed by atoms with Gasteiger partial charge in [0.05, 0.1) is 0 Å². The number of carbonyl (C=O) groups is 2. The molecule has 0 radical (unpaired) electrons. The first-order chi connectivity index (χ1) is 12.7. The van der Waals surface area contributed by atoms with E-state index in [1.165, 1.54) is 0 Å². The number of hydrogen-bond acceptors (Lipinski definition) is 6. The highest BCUT2D eigenvalue weighted by Crippen LogP contribution is 2.35. The standard InChI is InChI=1S/C18H14N2O6/c21-17(19-11-1-3-13-15(7-11)25-9-23-13)5-6-18(22)20-12-2-4-14-16(8-12)26-10-24-14/h1-8H,9-10H2,(H,19,21)(H,20,22). The van der Waals surface area contributed by atoms with Crippen molar-refractivity contribution in [1.82, 2.24) is 0 Å². The van der Waals surface area contributed by atoms with Crippen molar-refractivity contribution in [2.75, 3.05) is 24.2 Å². The van der Waals surface area contributed by atoms with Crippen LogP contribution in [0.25, 0.3) is 0 Å². The van der Waals surface area contributed by atoms with Crippen LogP contribution in [0.3, 0.4) is 0 Å². The van der Waals surface area contributed by atoms with Crippen molar-refractivity contribution in [1.29, 1.82) is 0 Å². The van der Waals surface area contributed by atoms with Crippen LogP contribution in [0, 0.1) is 0 Å². The summed E-state index contributed by atoms with van der Waals surface area (Å²) in [7, 11) is 0. The Hall–Kier alpha value is -3.68. The summed E-state index contributed by atoms with van der Waals surface area (Å²) in [6.07, 6.45) is 2.29. The van der Waals surface area contributed by atoms with Crippen molar-refractivity contribution in [3.05, 3.63) is 48.6 Å². The summed E-state index contributed by atoms with van der Waals surface area (Å²) in [6.45, 7) is 0.319. The molecule has 0 saturated carbocycles. The molecule has 2 aromatic carbocycles. The van der Waals surface area contributed by atoms with Gasteiger partial charge in [-0.05, 0) is 24.3 Å². The molecule has 0 bridgehead atoms. The molecule has 2 N–H and O–H groups in total.